The third-order valence-electron chi connectivity index (χ3n) is 8.11. The second-order valence-electron chi connectivity index (χ2n) is 11.1. The Morgan fingerprint density at radius 1 is 0.909 bits per heavy atom. The van der Waals surface area contributed by atoms with Gasteiger partial charge in [-0.1, -0.05) is 104 Å². The summed E-state index contributed by atoms with van der Waals surface area (Å²) < 4.78 is 21.1. The van der Waals surface area contributed by atoms with E-state index in [1.165, 1.54) is 20.4 Å². The van der Waals surface area contributed by atoms with E-state index in [-0.39, 0.29) is 16.6 Å². The van der Waals surface area contributed by atoms with Crippen molar-refractivity contribution in [2.45, 2.75) is 70.3 Å². The maximum Gasteiger partial charge on any atom is 0.261 e. The Balaban J connectivity index is 1.58. The second-order valence-corrected chi connectivity index (χ2v) is 16.3. The van der Waals surface area contributed by atoms with Gasteiger partial charge < -0.3 is 13.9 Å². The van der Waals surface area contributed by atoms with E-state index < -0.39 is 14.1 Å². The van der Waals surface area contributed by atoms with Gasteiger partial charge in [-0.25, -0.2) is 0 Å². The minimum absolute atomic E-state index is 0.0214. The molecule has 2 aromatic rings. The first kappa shape index (κ1) is 23.5. The first-order chi connectivity index (χ1) is 15.7. The smallest absolute Gasteiger partial charge is 0.261 e. The molecule has 2 fully saturated rings. The lowest BCUT2D eigenvalue weighted by molar-refractivity contribution is -0.179. The highest BCUT2D eigenvalue weighted by Crippen LogP contribution is 2.58. The van der Waals surface area contributed by atoms with E-state index in [1.54, 1.807) is 0 Å². The molecule has 2 aliphatic carbocycles. The third-order valence-corrected chi connectivity index (χ3v) is 14.0. The number of ether oxygens (including phenoxy) is 2. The molecule has 1 spiro atoms. The van der Waals surface area contributed by atoms with Gasteiger partial charge in [-0.15, -0.1) is 0 Å². The molecular weight excluding hydrogens is 492 g/mol. The predicted molar refractivity (Wildman–Crippen MR) is 140 cm³/mol. The largest absolute Gasteiger partial charge is 0.403 e. The summed E-state index contributed by atoms with van der Waals surface area (Å²) in [6.07, 6.45) is 3.80. The molecule has 0 amide bonds. The van der Waals surface area contributed by atoms with Crippen molar-refractivity contribution >= 4 is 34.6 Å². The van der Waals surface area contributed by atoms with E-state index in [2.05, 4.69) is 104 Å². The molecule has 3 nitrogen and oxygen atoms in total. The zero-order valence-electron chi connectivity index (χ0n) is 20.2. The first-order valence-corrected chi connectivity index (χ1v) is 14.9. The van der Waals surface area contributed by atoms with Crippen molar-refractivity contribution in [3.05, 3.63) is 70.7 Å². The number of halogens is 1. The van der Waals surface area contributed by atoms with Crippen LogP contribution in [0.15, 0.2) is 70.7 Å². The fraction of sp³-hybridized carbons (Fsp3) is 0.500. The molecule has 1 heterocycles. The summed E-state index contributed by atoms with van der Waals surface area (Å²) in [6, 6.07) is 21.9. The predicted octanol–water partition coefficient (Wildman–Crippen LogP) is 5.92. The Bertz CT molecular complexity index is 985. The van der Waals surface area contributed by atoms with Crippen LogP contribution in [0.25, 0.3) is 0 Å². The standard InChI is InChI=1S/C28H35BrO3Si/c1-26(2,3)33(21-11-7-5-8-12-21,22-13-9-6-10-14-22)32-25-19-24(29)23-20-28(30-17-18-31-28)16-15-27(23,25)4/h5-14,25H,15-20H2,1-4H3/t25-,27-/m0/s1. The maximum atomic E-state index is 7.62. The summed E-state index contributed by atoms with van der Waals surface area (Å²) in [5, 5.41) is 2.65. The van der Waals surface area contributed by atoms with Crippen molar-refractivity contribution in [2.24, 2.45) is 5.41 Å². The number of hydrogen-bond donors (Lipinski definition) is 0. The number of hydrogen-bond acceptors (Lipinski definition) is 3. The highest BCUT2D eigenvalue weighted by Gasteiger charge is 2.58. The molecule has 0 unspecified atom stereocenters. The fourth-order valence-electron chi connectivity index (χ4n) is 6.25. The molecule has 0 bridgehead atoms. The Hall–Kier alpha value is -1.24. The minimum atomic E-state index is -2.62. The summed E-state index contributed by atoms with van der Waals surface area (Å²) in [5.74, 6) is -0.430. The molecular formula is C28H35BrO3Si. The van der Waals surface area contributed by atoms with E-state index in [9.17, 15) is 0 Å². The van der Waals surface area contributed by atoms with Gasteiger partial charge in [-0.2, -0.15) is 0 Å². The molecule has 2 aromatic carbocycles. The van der Waals surface area contributed by atoms with Gasteiger partial charge in [0.25, 0.3) is 8.32 Å². The monoisotopic (exact) mass is 526 g/mol. The van der Waals surface area contributed by atoms with Crippen molar-refractivity contribution in [1.29, 1.82) is 0 Å². The molecule has 2 atom stereocenters. The lowest BCUT2D eigenvalue weighted by Gasteiger charge is -2.50. The van der Waals surface area contributed by atoms with Crippen LogP contribution in [0.2, 0.25) is 5.04 Å². The van der Waals surface area contributed by atoms with Crippen LogP contribution in [0.1, 0.15) is 53.4 Å². The van der Waals surface area contributed by atoms with Crippen LogP contribution in [-0.2, 0) is 13.9 Å². The number of fused-ring (bicyclic) bond motifs is 1. The van der Waals surface area contributed by atoms with E-state index >= 15 is 0 Å². The average Bonchev–Trinajstić information content (AvgIpc) is 3.35. The zero-order valence-corrected chi connectivity index (χ0v) is 22.8. The van der Waals surface area contributed by atoms with E-state index in [0.29, 0.717) is 13.2 Å². The van der Waals surface area contributed by atoms with Crippen molar-refractivity contribution in [3.8, 4) is 0 Å². The summed E-state index contributed by atoms with van der Waals surface area (Å²) in [5.41, 5.74) is 1.41. The van der Waals surface area contributed by atoms with Gasteiger partial charge in [0.15, 0.2) is 5.79 Å². The molecule has 1 saturated heterocycles. The van der Waals surface area contributed by atoms with Crippen molar-refractivity contribution in [1.82, 2.24) is 0 Å². The molecule has 1 saturated carbocycles. The molecule has 1 aliphatic heterocycles. The molecule has 0 aromatic heterocycles. The minimum Gasteiger partial charge on any atom is -0.403 e. The molecule has 33 heavy (non-hydrogen) atoms. The summed E-state index contributed by atoms with van der Waals surface area (Å²) >= 11 is 3.96. The second kappa shape index (κ2) is 8.45. The quantitative estimate of drug-likeness (QED) is 0.463. The van der Waals surface area contributed by atoms with Gasteiger partial charge in [0, 0.05) is 24.7 Å². The molecule has 0 radical (unpaired) electrons. The highest BCUT2D eigenvalue weighted by atomic mass is 79.9. The third kappa shape index (κ3) is 3.81. The molecule has 5 rings (SSSR count). The molecule has 176 valence electrons. The Morgan fingerprint density at radius 3 is 1.97 bits per heavy atom. The highest BCUT2D eigenvalue weighted by molar-refractivity contribution is 9.11. The van der Waals surface area contributed by atoms with Crippen LogP contribution in [0.4, 0.5) is 0 Å². The Labute approximate surface area is 207 Å². The van der Waals surface area contributed by atoms with Gasteiger partial charge in [-0.05, 0) is 31.9 Å². The first-order valence-electron chi connectivity index (χ1n) is 12.2. The Kier molecular flexibility index (Phi) is 6.02. The normalized spacial score (nSPS) is 27.2. The molecule has 5 heteroatoms. The van der Waals surface area contributed by atoms with Gasteiger partial charge in [0.2, 0.25) is 0 Å². The van der Waals surface area contributed by atoms with Gasteiger partial charge >= 0.3 is 0 Å². The summed E-state index contributed by atoms with van der Waals surface area (Å²) in [6.45, 7) is 10.9. The topological polar surface area (TPSA) is 27.7 Å². The van der Waals surface area contributed by atoms with E-state index in [4.69, 9.17) is 13.9 Å². The van der Waals surface area contributed by atoms with Crippen LogP contribution >= 0.6 is 15.9 Å². The summed E-state index contributed by atoms with van der Waals surface area (Å²) in [7, 11) is -2.62. The fourth-order valence-corrected chi connectivity index (χ4v) is 11.9. The van der Waals surface area contributed by atoms with Crippen LogP contribution < -0.4 is 10.4 Å². The lowest BCUT2D eigenvalue weighted by Crippen LogP contribution is -2.68. The van der Waals surface area contributed by atoms with Gasteiger partial charge in [0.05, 0.1) is 19.3 Å². The Morgan fingerprint density at radius 2 is 1.45 bits per heavy atom. The molecule has 0 N–H and O–H groups in total. The maximum absolute atomic E-state index is 7.62. The van der Waals surface area contributed by atoms with Crippen LogP contribution in [-0.4, -0.2) is 33.4 Å². The van der Waals surface area contributed by atoms with Crippen molar-refractivity contribution < 1.29 is 13.9 Å². The van der Waals surface area contributed by atoms with E-state index in [0.717, 1.165) is 25.7 Å². The van der Waals surface area contributed by atoms with Crippen LogP contribution in [0.3, 0.4) is 0 Å². The van der Waals surface area contributed by atoms with Gasteiger partial charge in [0.1, 0.15) is 0 Å². The van der Waals surface area contributed by atoms with E-state index in [1.807, 2.05) is 0 Å². The number of rotatable bonds is 4. The SMILES string of the molecule is CC(C)(C)[Si](O[C@H]1CC(Br)=C2CC3(CC[C@@]21C)OCCO3)(c1ccccc1)c1ccccc1. The lowest BCUT2D eigenvalue weighted by atomic mass is 9.69. The van der Waals surface area contributed by atoms with Gasteiger partial charge in [-0.3, -0.25) is 0 Å². The van der Waals surface area contributed by atoms with Crippen molar-refractivity contribution in [2.75, 3.05) is 13.2 Å². The van der Waals surface area contributed by atoms with Crippen LogP contribution in [0, 0.1) is 5.41 Å². The average molecular weight is 528 g/mol. The number of benzene rings is 2. The summed E-state index contributed by atoms with van der Waals surface area (Å²) in [4.78, 5) is 0. The van der Waals surface area contributed by atoms with Crippen molar-refractivity contribution in [3.63, 3.8) is 0 Å². The van der Waals surface area contributed by atoms with Crippen LogP contribution in [0.5, 0.6) is 0 Å². The zero-order chi connectivity index (χ0) is 23.3. The molecule has 3 aliphatic rings.